The van der Waals surface area contributed by atoms with Crippen LogP contribution in [0.4, 0.5) is 0 Å². The molecule has 0 aliphatic heterocycles. The number of aliphatic carboxylic acids is 1. The zero-order chi connectivity index (χ0) is 11.4. The standard InChI is InChI=1S/C10H16N2O2S/c1-3-4-8-12-6(2)10(15-8)7(11)5-9(13)14/h7H,3-5,11H2,1-2H3,(H,13,14). The summed E-state index contributed by atoms with van der Waals surface area (Å²) in [5, 5.41) is 9.70. The normalized spacial score (nSPS) is 12.7. The number of carboxylic acid groups (broad SMARTS) is 1. The molecule has 0 aromatic carbocycles. The molecule has 84 valence electrons. The van der Waals surface area contributed by atoms with Crippen molar-refractivity contribution in [1.29, 1.82) is 0 Å². The molecule has 1 aromatic rings. The second-order valence-electron chi connectivity index (χ2n) is 3.51. The fraction of sp³-hybridized carbons (Fsp3) is 0.600. The number of carbonyl (C=O) groups is 1. The van der Waals surface area contributed by atoms with E-state index in [1.165, 1.54) is 11.3 Å². The predicted octanol–water partition coefficient (Wildman–Crippen LogP) is 1.88. The summed E-state index contributed by atoms with van der Waals surface area (Å²) in [6.07, 6.45) is 1.94. The SMILES string of the molecule is CCCc1nc(C)c(C(N)CC(=O)O)s1. The molecule has 1 rings (SSSR count). The highest BCUT2D eigenvalue weighted by atomic mass is 32.1. The van der Waals surface area contributed by atoms with Crippen LogP contribution in [0, 0.1) is 6.92 Å². The van der Waals surface area contributed by atoms with Gasteiger partial charge in [-0.25, -0.2) is 4.98 Å². The molecule has 5 heteroatoms. The smallest absolute Gasteiger partial charge is 0.305 e. The third kappa shape index (κ3) is 3.28. The Morgan fingerprint density at radius 2 is 2.33 bits per heavy atom. The minimum Gasteiger partial charge on any atom is -0.481 e. The van der Waals surface area contributed by atoms with Crippen LogP contribution in [0.1, 0.15) is 41.4 Å². The molecule has 0 aliphatic carbocycles. The Morgan fingerprint density at radius 1 is 1.67 bits per heavy atom. The first-order valence-corrected chi connectivity index (χ1v) is 5.79. The molecule has 1 unspecified atom stereocenters. The number of hydrogen-bond acceptors (Lipinski definition) is 4. The Labute approximate surface area is 93.1 Å². The minimum atomic E-state index is -0.868. The van der Waals surface area contributed by atoms with Gasteiger partial charge in [0.25, 0.3) is 0 Å². The van der Waals surface area contributed by atoms with E-state index >= 15 is 0 Å². The average molecular weight is 228 g/mol. The lowest BCUT2D eigenvalue weighted by Crippen LogP contribution is -2.14. The van der Waals surface area contributed by atoms with Gasteiger partial charge in [0, 0.05) is 4.88 Å². The molecule has 0 aliphatic rings. The van der Waals surface area contributed by atoms with Crippen LogP contribution in [0.3, 0.4) is 0 Å². The highest BCUT2D eigenvalue weighted by Crippen LogP contribution is 2.26. The van der Waals surface area contributed by atoms with Crippen molar-refractivity contribution in [3.8, 4) is 0 Å². The fourth-order valence-corrected chi connectivity index (χ4v) is 2.58. The van der Waals surface area contributed by atoms with Crippen molar-refractivity contribution >= 4 is 17.3 Å². The van der Waals surface area contributed by atoms with Crippen molar-refractivity contribution in [2.45, 2.75) is 39.2 Å². The van der Waals surface area contributed by atoms with Crippen LogP contribution in [0.2, 0.25) is 0 Å². The monoisotopic (exact) mass is 228 g/mol. The summed E-state index contributed by atoms with van der Waals surface area (Å²) < 4.78 is 0. The van der Waals surface area contributed by atoms with Gasteiger partial charge in [0.15, 0.2) is 0 Å². The van der Waals surface area contributed by atoms with Crippen LogP contribution >= 0.6 is 11.3 Å². The molecule has 4 nitrogen and oxygen atoms in total. The van der Waals surface area contributed by atoms with Gasteiger partial charge in [-0.1, -0.05) is 6.92 Å². The largest absolute Gasteiger partial charge is 0.481 e. The lowest BCUT2D eigenvalue weighted by Gasteiger charge is -2.05. The Kier molecular flexibility index (Phi) is 4.23. The molecule has 0 fully saturated rings. The maximum Gasteiger partial charge on any atom is 0.305 e. The van der Waals surface area contributed by atoms with Crippen molar-refractivity contribution in [3.05, 3.63) is 15.6 Å². The zero-order valence-corrected chi connectivity index (χ0v) is 9.80. The van der Waals surface area contributed by atoms with Gasteiger partial charge in [-0.05, 0) is 19.8 Å². The Bertz CT molecular complexity index is 349. The highest BCUT2D eigenvalue weighted by molar-refractivity contribution is 7.11. The highest BCUT2D eigenvalue weighted by Gasteiger charge is 2.16. The van der Waals surface area contributed by atoms with E-state index in [1.807, 2.05) is 6.92 Å². The average Bonchev–Trinajstić information content (AvgIpc) is 2.46. The van der Waals surface area contributed by atoms with Gasteiger partial charge in [0.2, 0.25) is 0 Å². The molecule has 0 bridgehead atoms. The maximum absolute atomic E-state index is 10.5. The third-order valence-corrected chi connectivity index (χ3v) is 3.42. The summed E-state index contributed by atoms with van der Waals surface area (Å²) in [5.41, 5.74) is 6.67. The Hall–Kier alpha value is -0.940. The summed E-state index contributed by atoms with van der Waals surface area (Å²) in [5.74, 6) is -0.868. The van der Waals surface area contributed by atoms with Crippen molar-refractivity contribution in [2.24, 2.45) is 5.73 Å². The lowest BCUT2D eigenvalue weighted by atomic mass is 10.1. The van der Waals surface area contributed by atoms with Gasteiger partial charge < -0.3 is 10.8 Å². The quantitative estimate of drug-likeness (QED) is 0.806. The van der Waals surface area contributed by atoms with E-state index in [2.05, 4.69) is 11.9 Å². The maximum atomic E-state index is 10.5. The summed E-state index contributed by atoms with van der Waals surface area (Å²) in [4.78, 5) is 15.8. The number of nitrogens with zero attached hydrogens (tertiary/aromatic N) is 1. The van der Waals surface area contributed by atoms with Crippen molar-refractivity contribution < 1.29 is 9.90 Å². The summed E-state index contributed by atoms with van der Waals surface area (Å²) in [7, 11) is 0. The van der Waals surface area contributed by atoms with Gasteiger partial charge in [-0.15, -0.1) is 11.3 Å². The third-order valence-electron chi connectivity index (χ3n) is 2.07. The molecule has 0 saturated carbocycles. The molecule has 0 spiro atoms. The van der Waals surface area contributed by atoms with E-state index in [0.29, 0.717) is 0 Å². The van der Waals surface area contributed by atoms with Crippen LogP contribution in [0.5, 0.6) is 0 Å². The van der Waals surface area contributed by atoms with Crippen LogP contribution in [0.25, 0.3) is 0 Å². The number of aromatic nitrogens is 1. The Morgan fingerprint density at radius 3 is 2.87 bits per heavy atom. The van der Waals surface area contributed by atoms with E-state index in [4.69, 9.17) is 10.8 Å². The van der Waals surface area contributed by atoms with Crippen LogP contribution in [-0.4, -0.2) is 16.1 Å². The summed E-state index contributed by atoms with van der Waals surface area (Å²) in [6.45, 7) is 3.97. The van der Waals surface area contributed by atoms with Gasteiger partial charge in [-0.3, -0.25) is 4.79 Å². The molecule has 1 heterocycles. The van der Waals surface area contributed by atoms with Crippen molar-refractivity contribution in [1.82, 2.24) is 4.98 Å². The first-order valence-electron chi connectivity index (χ1n) is 4.98. The van der Waals surface area contributed by atoms with E-state index in [0.717, 1.165) is 28.4 Å². The van der Waals surface area contributed by atoms with Gasteiger partial charge in [0.05, 0.1) is 23.2 Å². The van der Waals surface area contributed by atoms with E-state index in [9.17, 15) is 4.79 Å². The van der Waals surface area contributed by atoms with Crippen molar-refractivity contribution in [2.75, 3.05) is 0 Å². The zero-order valence-electron chi connectivity index (χ0n) is 8.99. The van der Waals surface area contributed by atoms with Gasteiger partial charge >= 0.3 is 5.97 Å². The minimum absolute atomic E-state index is 0.0331. The van der Waals surface area contributed by atoms with Crippen LogP contribution < -0.4 is 5.73 Å². The molecule has 0 saturated heterocycles. The molecular formula is C10H16N2O2S. The second-order valence-corrected chi connectivity index (χ2v) is 4.63. The number of thiazole rings is 1. The molecule has 0 radical (unpaired) electrons. The lowest BCUT2D eigenvalue weighted by molar-refractivity contribution is -0.137. The van der Waals surface area contributed by atoms with Gasteiger partial charge in [-0.2, -0.15) is 0 Å². The van der Waals surface area contributed by atoms with E-state index in [1.54, 1.807) is 0 Å². The molecule has 1 aromatic heterocycles. The number of carboxylic acids is 1. The van der Waals surface area contributed by atoms with Crippen molar-refractivity contribution in [3.63, 3.8) is 0 Å². The number of rotatable bonds is 5. The van der Waals surface area contributed by atoms with Crippen LogP contribution in [0.15, 0.2) is 0 Å². The number of aryl methyl sites for hydroxylation is 2. The molecule has 1 atom stereocenters. The second kappa shape index (κ2) is 5.23. The summed E-state index contributed by atoms with van der Waals surface area (Å²) in [6, 6.07) is -0.425. The molecule has 3 N–H and O–H groups in total. The molecule has 15 heavy (non-hydrogen) atoms. The molecule has 0 amide bonds. The van der Waals surface area contributed by atoms with Gasteiger partial charge in [0.1, 0.15) is 0 Å². The summed E-state index contributed by atoms with van der Waals surface area (Å²) >= 11 is 1.53. The van der Waals surface area contributed by atoms with Crippen LogP contribution in [-0.2, 0) is 11.2 Å². The van der Waals surface area contributed by atoms with E-state index < -0.39 is 12.0 Å². The topological polar surface area (TPSA) is 76.2 Å². The number of hydrogen-bond donors (Lipinski definition) is 2. The van der Waals surface area contributed by atoms with E-state index in [-0.39, 0.29) is 6.42 Å². The predicted molar refractivity (Wildman–Crippen MR) is 60.0 cm³/mol. The first-order chi connectivity index (χ1) is 7.04. The molecular weight excluding hydrogens is 212 g/mol. The first kappa shape index (κ1) is 12.1. The fourth-order valence-electron chi connectivity index (χ4n) is 1.41. The Balaban J connectivity index is 2.79. The number of nitrogens with two attached hydrogens (primary N) is 1.